The highest BCUT2D eigenvalue weighted by atomic mass is 19.1. The van der Waals surface area contributed by atoms with E-state index >= 15 is 0 Å². The fourth-order valence-corrected chi connectivity index (χ4v) is 1.11. The third-order valence-electron chi connectivity index (χ3n) is 1.76. The van der Waals surface area contributed by atoms with Crippen molar-refractivity contribution in [1.82, 2.24) is 9.97 Å². The minimum atomic E-state index is -0.278. The van der Waals surface area contributed by atoms with Crippen molar-refractivity contribution >= 4 is 5.95 Å². The molecular formula is C10H7FN3. The minimum absolute atomic E-state index is 0.159. The normalized spacial score (nSPS) is 10.1. The smallest absolute Gasteiger partial charge is 0.221 e. The van der Waals surface area contributed by atoms with Crippen LogP contribution in [-0.2, 0) is 0 Å². The van der Waals surface area contributed by atoms with E-state index in [1.54, 1.807) is 18.2 Å². The highest BCUT2D eigenvalue weighted by Gasteiger charge is 2.00. The van der Waals surface area contributed by atoms with Crippen molar-refractivity contribution in [3.05, 3.63) is 42.3 Å². The van der Waals surface area contributed by atoms with Gasteiger partial charge in [0.25, 0.3) is 0 Å². The lowest BCUT2D eigenvalue weighted by atomic mass is 10.1. The highest BCUT2D eigenvalue weighted by Crippen LogP contribution is 2.16. The van der Waals surface area contributed by atoms with E-state index in [-0.39, 0.29) is 11.8 Å². The molecule has 0 amide bonds. The molecule has 0 saturated heterocycles. The van der Waals surface area contributed by atoms with Crippen molar-refractivity contribution in [3.8, 4) is 11.3 Å². The number of halogens is 1. The summed E-state index contributed by atoms with van der Waals surface area (Å²) < 4.78 is 12.6. The Morgan fingerprint density at radius 1 is 1.21 bits per heavy atom. The molecule has 0 unspecified atom stereocenters. The Labute approximate surface area is 80.4 Å². The number of hydrogen-bond acceptors (Lipinski definition) is 3. The summed E-state index contributed by atoms with van der Waals surface area (Å²) >= 11 is 0. The maximum atomic E-state index is 12.6. The van der Waals surface area contributed by atoms with Gasteiger partial charge in [-0.3, -0.25) is 0 Å². The maximum absolute atomic E-state index is 12.6. The molecule has 2 aromatic rings. The SMILES string of the molecule is Nc1n[c]cc(-c2ccc(F)cc2)n1. The van der Waals surface area contributed by atoms with Gasteiger partial charge < -0.3 is 5.73 Å². The number of nitrogens with two attached hydrogens (primary N) is 1. The summed E-state index contributed by atoms with van der Waals surface area (Å²) in [5, 5.41) is 0. The summed E-state index contributed by atoms with van der Waals surface area (Å²) in [6.45, 7) is 0. The molecule has 1 radical (unpaired) electrons. The van der Waals surface area contributed by atoms with Crippen LogP contribution in [0.15, 0.2) is 30.3 Å². The summed E-state index contributed by atoms with van der Waals surface area (Å²) in [6.07, 6.45) is 2.61. The van der Waals surface area contributed by atoms with E-state index in [1.807, 2.05) is 0 Å². The molecule has 1 heterocycles. The molecule has 69 valence electrons. The van der Waals surface area contributed by atoms with Gasteiger partial charge in [0, 0.05) is 5.56 Å². The summed E-state index contributed by atoms with van der Waals surface area (Å²) in [7, 11) is 0. The number of nitrogens with zero attached hydrogens (tertiary/aromatic N) is 2. The average molecular weight is 188 g/mol. The molecule has 2 N–H and O–H groups in total. The first kappa shape index (κ1) is 8.62. The number of rotatable bonds is 1. The van der Waals surface area contributed by atoms with Crippen molar-refractivity contribution in [2.75, 3.05) is 5.73 Å². The van der Waals surface area contributed by atoms with Gasteiger partial charge in [0.1, 0.15) is 5.82 Å². The van der Waals surface area contributed by atoms with Crippen LogP contribution in [0, 0.1) is 12.0 Å². The molecule has 2 rings (SSSR count). The molecule has 0 aliphatic heterocycles. The van der Waals surface area contributed by atoms with Gasteiger partial charge in [-0.2, -0.15) is 0 Å². The lowest BCUT2D eigenvalue weighted by Crippen LogP contribution is -1.95. The van der Waals surface area contributed by atoms with E-state index in [4.69, 9.17) is 5.73 Å². The summed E-state index contributed by atoms with van der Waals surface area (Å²) in [6, 6.07) is 7.60. The number of aromatic nitrogens is 2. The van der Waals surface area contributed by atoms with Crippen molar-refractivity contribution in [2.45, 2.75) is 0 Å². The second-order valence-electron chi connectivity index (χ2n) is 2.75. The molecule has 0 fully saturated rings. The third kappa shape index (κ3) is 1.69. The predicted molar refractivity (Wildman–Crippen MR) is 50.7 cm³/mol. The Kier molecular flexibility index (Phi) is 2.10. The summed E-state index contributed by atoms with van der Waals surface area (Å²) in [4.78, 5) is 7.64. The molecular weight excluding hydrogens is 181 g/mol. The lowest BCUT2D eigenvalue weighted by molar-refractivity contribution is 0.628. The molecule has 1 aromatic heterocycles. The van der Waals surface area contributed by atoms with E-state index in [9.17, 15) is 4.39 Å². The second-order valence-corrected chi connectivity index (χ2v) is 2.75. The quantitative estimate of drug-likeness (QED) is 0.740. The Balaban J connectivity index is 2.44. The van der Waals surface area contributed by atoms with Crippen molar-refractivity contribution in [2.24, 2.45) is 0 Å². The summed E-state index contributed by atoms with van der Waals surface area (Å²) in [5.74, 6) is -0.119. The Bertz CT molecular complexity index is 439. The van der Waals surface area contributed by atoms with Gasteiger partial charge in [-0.05, 0) is 30.3 Å². The first-order chi connectivity index (χ1) is 6.75. The third-order valence-corrected chi connectivity index (χ3v) is 1.76. The first-order valence-electron chi connectivity index (χ1n) is 4.02. The molecule has 0 aliphatic rings. The van der Waals surface area contributed by atoms with Crippen molar-refractivity contribution in [1.29, 1.82) is 0 Å². The largest absolute Gasteiger partial charge is 0.368 e. The van der Waals surface area contributed by atoms with E-state index < -0.39 is 0 Å². The fourth-order valence-electron chi connectivity index (χ4n) is 1.11. The van der Waals surface area contributed by atoms with Crippen LogP contribution in [-0.4, -0.2) is 9.97 Å². The average Bonchev–Trinajstić information content (AvgIpc) is 2.19. The minimum Gasteiger partial charge on any atom is -0.368 e. The van der Waals surface area contributed by atoms with E-state index in [0.717, 1.165) is 5.56 Å². The Morgan fingerprint density at radius 3 is 2.57 bits per heavy atom. The van der Waals surface area contributed by atoms with Crippen LogP contribution in [0.25, 0.3) is 11.3 Å². The zero-order valence-electron chi connectivity index (χ0n) is 7.24. The molecule has 3 nitrogen and oxygen atoms in total. The van der Waals surface area contributed by atoms with Crippen LogP contribution >= 0.6 is 0 Å². The molecule has 14 heavy (non-hydrogen) atoms. The standard InChI is InChI=1S/C10H7FN3/c11-8-3-1-7(2-4-8)9-5-6-13-10(12)14-9/h1-5H,(H2,12,13,14). The van der Waals surface area contributed by atoms with Crippen molar-refractivity contribution < 1.29 is 4.39 Å². The van der Waals surface area contributed by atoms with Gasteiger partial charge >= 0.3 is 0 Å². The maximum Gasteiger partial charge on any atom is 0.221 e. The Hall–Kier alpha value is -1.97. The molecule has 1 aromatic carbocycles. The number of hydrogen-bond donors (Lipinski definition) is 1. The number of benzene rings is 1. The van der Waals surface area contributed by atoms with Crippen molar-refractivity contribution in [3.63, 3.8) is 0 Å². The van der Waals surface area contributed by atoms with E-state index in [0.29, 0.717) is 5.69 Å². The topological polar surface area (TPSA) is 51.8 Å². The molecule has 0 atom stereocenters. The predicted octanol–water partition coefficient (Wildman–Crippen LogP) is 1.67. The van der Waals surface area contributed by atoms with Crippen LogP contribution in [0.5, 0.6) is 0 Å². The number of nitrogen functional groups attached to an aromatic ring is 1. The van der Waals surface area contributed by atoms with E-state index in [2.05, 4.69) is 16.2 Å². The zero-order chi connectivity index (χ0) is 9.97. The second kappa shape index (κ2) is 3.41. The van der Waals surface area contributed by atoms with Crippen LogP contribution in [0.4, 0.5) is 10.3 Å². The van der Waals surface area contributed by atoms with Gasteiger partial charge in [0.15, 0.2) is 0 Å². The summed E-state index contributed by atoms with van der Waals surface area (Å²) in [5.41, 5.74) is 6.82. The number of anilines is 1. The van der Waals surface area contributed by atoms with E-state index in [1.165, 1.54) is 12.1 Å². The van der Waals surface area contributed by atoms with Crippen LogP contribution in [0.2, 0.25) is 0 Å². The van der Waals surface area contributed by atoms with Crippen LogP contribution in [0.3, 0.4) is 0 Å². The fraction of sp³-hybridized carbons (Fsp3) is 0. The van der Waals surface area contributed by atoms with Gasteiger partial charge in [-0.1, -0.05) is 0 Å². The molecule has 0 spiro atoms. The van der Waals surface area contributed by atoms with Crippen LogP contribution < -0.4 is 5.73 Å². The Morgan fingerprint density at radius 2 is 1.93 bits per heavy atom. The molecule has 0 aliphatic carbocycles. The monoisotopic (exact) mass is 188 g/mol. The molecule has 0 bridgehead atoms. The lowest BCUT2D eigenvalue weighted by Gasteiger charge is -1.99. The van der Waals surface area contributed by atoms with Gasteiger partial charge in [0.05, 0.1) is 11.9 Å². The van der Waals surface area contributed by atoms with Gasteiger partial charge in [-0.25, -0.2) is 14.4 Å². The first-order valence-corrected chi connectivity index (χ1v) is 4.02. The van der Waals surface area contributed by atoms with Gasteiger partial charge in [0.2, 0.25) is 5.95 Å². The van der Waals surface area contributed by atoms with Crippen LogP contribution in [0.1, 0.15) is 0 Å². The van der Waals surface area contributed by atoms with Gasteiger partial charge in [-0.15, -0.1) is 0 Å². The molecule has 4 heteroatoms. The zero-order valence-corrected chi connectivity index (χ0v) is 7.24. The highest BCUT2D eigenvalue weighted by molar-refractivity contribution is 5.59. The molecule has 0 saturated carbocycles.